The smallest absolute Gasteiger partial charge is 0.0273 e. The summed E-state index contributed by atoms with van der Waals surface area (Å²) in [5, 5.41) is 3.10. The lowest BCUT2D eigenvalue weighted by molar-refractivity contribution is 0.695. The van der Waals surface area contributed by atoms with Crippen molar-refractivity contribution < 1.29 is 0 Å². The van der Waals surface area contributed by atoms with Crippen LogP contribution in [0.1, 0.15) is 19.3 Å². The van der Waals surface area contributed by atoms with E-state index in [2.05, 4.69) is 10.3 Å². The minimum atomic E-state index is 1.12. The van der Waals surface area contributed by atoms with Gasteiger partial charge in [-0.05, 0) is 39.1 Å². The van der Waals surface area contributed by atoms with E-state index in [1.807, 2.05) is 20.3 Å². The molecule has 0 spiro atoms. The van der Waals surface area contributed by atoms with Crippen LogP contribution in [0.5, 0.6) is 0 Å². The highest BCUT2D eigenvalue weighted by molar-refractivity contribution is 5.56. The summed E-state index contributed by atoms with van der Waals surface area (Å²) < 4.78 is 0. The Kier molecular flexibility index (Phi) is 7.32. The largest absolute Gasteiger partial charge is 0.320 e. The van der Waals surface area contributed by atoms with Gasteiger partial charge in [-0.3, -0.25) is 0 Å². The average Bonchev–Trinajstić information content (AvgIpc) is 1.89. The molecule has 9 heavy (non-hydrogen) atoms. The van der Waals surface area contributed by atoms with E-state index in [9.17, 15) is 0 Å². The second kappa shape index (κ2) is 7.63. The molecule has 0 aliphatic heterocycles. The summed E-state index contributed by atoms with van der Waals surface area (Å²) in [5.41, 5.74) is 0. The molecule has 0 saturated heterocycles. The van der Waals surface area contributed by atoms with Crippen molar-refractivity contribution in [2.75, 3.05) is 20.6 Å². The number of nitrogens with one attached hydrogen (secondary N) is 1. The summed E-state index contributed by atoms with van der Waals surface area (Å²) in [6, 6.07) is 0. The molecule has 0 aliphatic carbocycles. The van der Waals surface area contributed by atoms with Gasteiger partial charge in [-0.1, -0.05) is 0 Å². The van der Waals surface area contributed by atoms with Gasteiger partial charge in [-0.2, -0.15) is 0 Å². The monoisotopic (exact) mass is 128 g/mol. The Morgan fingerprint density at radius 1 is 1.44 bits per heavy atom. The molecule has 0 fully saturated rings. The molecule has 0 amide bonds. The van der Waals surface area contributed by atoms with Crippen molar-refractivity contribution in [1.82, 2.24) is 5.32 Å². The SMILES string of the molecule is C/N=C/CCCCNC. The van der Waals surface area contributed by atoms with Gasteiger partial charge in [-0.15, -0.1) is 0 Å². The normalized spacial score (nSPS) is 10.9. The predicted molar refractivity (Wildman–Crippen MR) is 42.2 cm³/mol. The van der Waals surface area contributed by atoms with Crippen LogP contribution >= 0.6 is 0 Å². The van der Waals surface area contributed by atoms with Gasteiger partial charge < -0.3 is 10.3 Å². The first kappa shape index (κ1) is 8.63. The highest BCUT2D eigenvalue weighted by Gasteiger charge is 1.81. The van der Waals surface area contributed by atoms with Gasteiger partial charge in [0.1, 0.15) is 0 Å². The van der Waals surface area contributed by atoms with Crippen molar-refractivity contribution in [3.63, 3.8) is 0 Å². The van der Waals surface area contributed by atoms with Gasteiger partial charge in [0.2, 0.25) is 0 Å². The molecule has 2 nitrogen and oxygen atoms in total. The van der Waals surface area contributed by atoms with Crippen LogP contribution in [0, 0.1) is 0 Å². The molecular weight excluding hydrogens is 112 g/mol. The summed E-state index contributed by atoms with van der Waals surface area (Å²) in [4.78, 5) is 3.89. The molecule has 0 radical (unpaired) electrons. The molecule has 0 atom stereocenters. The molecule has 0 aromatic rings. The summed E-state index contributed by atoms with van der Waals surface area (Å²) in [7, 11) is 3.80. The number of nitrogens with zero attached hydrogens (tertiary/aromatic N) is 1. The first-order valence-electron chi connectivity index (χ1n) is 3.47. The van der Waals surface area contributed by atoms with E-state index in [1.54, 1.807) is 0 Å². The Morgan fingerprint density at radius 2 is 2.22 bits per heavy atom. The third-order valence-corrected chi connectivity index (χ3v) is 1.19. The van der Waals surface area contributed by atoms with Crippen LogP contribution in [0.4, 0.5) is 0 Å². The maximum Gasteiger partial charge on any atom is 0.0273 e. The molecular formula is C7H16N2. The lowest BCUT2D eigenvalue weighted by Gasteiger charge is -1.94. The van der Waals surface area contributed by atoms with Crippen molar-refractivity contribution in [2.24, 2.45) is 4.99 Å². The maximum atomic E-state index is 3.89. The topological polar surface area (TPSA) is 24.4 Å². The van der Waals surface area contributed by atoms with Gasteiger partial charge >= 0.3 is 0 Å². The fourth-order valence-corrected chi connectivity index (χ4v) is 0.667. The molecule has 0 aromatic heterocycles. The van der Waals surface area contributed by atoms with Gasteiger partial charge in [0, 0.05) is 7.05 Å². The molecule has 0 saturated carbocycles. The van der Waals surface area contributed by atoms with E-state index >= 15 is 0 Å². The van der Waals surface area contributed by atoms with Gasteiger partial charge in [-0.25, -0.2) is 0 Å². The summed E-state index contributed by atoms with van der Waals surface area (Å²) in [5.74, 6) is 0. The molecule has 0 rings (SSSR count). The zero-order valence-corrected chi connectivity index (χ0v) is 6.35. The van der Waals surface area contributed by atoms with Crippen molar-refractivity contribution in [1.29, 1.82) is 0 Å². The first-order chi connectivity index (χ1) is 4.41. The van der Waals surface area contributed by atoms with Crippen LogP contribution in [-0.4, -0.2) is 26.9 Å². The van der Waals surface area contributed by atoms with Crippen molar-refractivity contribution >= 4 is 6.21 Å². The molecule has 0 aromatic carbocycles. The fraction of sp³-hybridized carbons (Fsp3) is 0.857. The van der Waals surface area contributed by atoms with Gasteiger partial charge in [0.25, 0.3) is 0 Å². The molecule has 1 N–H and O–H groups in total. The van der Waals surface area contributed by atoms with Crippen molar-refractivity contribution in [3.05, 3.63) is 0 Å². The Morgan fingerprint density at radius 3 is 2.78 bits per heavy atom. The Bertz CT molecular complexity index is 69.3. The van der Waals surface area contributed by atoms with Crippen LogP contribution in [-0.2, 0) is 0 Å². The molecule has 0 unspecified atom stereocenters. The van der Waals surface area contributed by atoms with Gasteiger partial charge in [0.15, 0.2) is 0 Å². The summed E-state index contributed by atoms with van der Waals surface area (Å²) in [6.45, 7) is 1.12. The van der Waals surface area contributed by atoms with Crippen molar-refractivity contribution in [3.8, 4) is 0 Å². The maximum absolute atomic E-state index is 3.89. The predicted octanol–water partition coefficient (Wildman–Crippen LogP) is 1.08. The highest BCUT2D eigenvalue weighted by atomic mass is 14.8. The molecule has 0 aliphatic rings. The van der Waals surface area contributed by atoms with E-state index in [-0.39, 0.29) is 0 Å². The van der Waals surface area contributed by atoms with E-state index < -0.39 is 0 Å². The molecule has 2 heteroatoms. The summed E-state index contributed by atoms with van der Waals surface area (Å²) in [6.07, 6.45) is 5.59. The van der Waals surface area contributed by atoms with Crippen LogP contribution in [0.2, 0.25) is 0 Å². The lowest BCUT2D eigenvalue weighted by Crippen LogP contribution is -2.06. The first-order valence-corrected chi connectivity index (χ1v) is 3.47. The molecule has 0 heterocycles. The average molecular weight is 128 g/mol. The van der Waals surface area contributed by atoms with E-state index in [1.165, 1.54) is 12.8 Å². The third kappa shape index (κ3) is 7.63. The van der Waals surface area contributed by atoms with E-state index in [4.69, 9.17) is 0 Å². The van der Waals surface area contributed by atoms with Crippen molar-refractivity contribution in [2.45, 2.75) is 19.3 Å². The Hall–Kier alpha value is -0.370. The zero-order chi connectivity index (χ0) is 6.95. The fourth-order valence-electron chi connectivity index (χ4n) is 0.667. The second-order valence-electron chi connectivity index (χ2n) is 2.04. The molecule has 54 valence electrons. The zero-order valence-electron chi connectivity index (χ0n) is 6.35. The minimum absolute atomic E-state index is 1.12. The van der Waals surface area contributed by atoms with Crippen LogP contribution < -0.4 is 5.32 Å². The number of hydrogen-bond donors (Lipinski definition) is 1. The lowest BCUT2D eigenvalue weighted by atomic mass is 10.2. The van der Waals surface area contributed by atoms with Crippen LogP contribution in [0.3, 0.4) is 0 Å². The Balaban J connectivity index is 2.75. The minimum Gasteiger partial charge on any atom is -0.320 e. The second-order valence-corrected chi connectivity index (χ2v) is 2.04. The number of aliphatic imine (C=N–C) groups is 1. The number of hydrogen-bond acceptors (Lipinski definition) is 2. The van der Waals surface area contributed by atoms with E-state index in [0.717, 1.165) is 13.0 Å². The number of rotatable bonds is 5. The van der Waals surface area contributed by atoms with Gasteiger partial charge in [0.05, 0.1) is 0 Å². The number of unbranched alkanes of at least 4 members (excludes halogenated alkanes) is 2. The summed E-state index contributed by atoms with van der Waals surface area (Å²) >= 11 is 0. The van der Waals surface area contributed by atoms with Crippen LogP contribution in [0.25, 0.3) is 0 Å². The highest BCUT2D eigenvalue weighted by Crippen LogP contribution is 1.89. The quantitative estimate of drug-likeness (QED) is 0.435. The van der Waals surface area contributed by atoms with E-state index in [0.29, 0.717) is 0 Å². The molecule has 0 bridgehead atoms. The Labute approximate surface area is 57.4 Å². The standard InChI is InChI=1S/C7H16N2/c1-8-6-4-3-5-7-9-2/h6,9H,3-5,7H2,1-2H3/b8-6+. The van der Waals surface area contributed by atoms with Crippen LogP contribution in [0.15, 0.2) is 4.99 Å². The third-order valence-electron chi connectivity index (χ3n) is 1.19.